The fraction of sp³-hybridized carbons (Fsp3) is 0.263. The molecule has 0 aliphatic carbocycles. The number of rotatable bonds is 6. The molecule has 2 N–H and O–H groups in total. The Kier molecular flexibility index (Phi) is 5.23. The van der Waals surface area contributed by atoms with Gasteiger partial charge in [0.25, 0.3) is 0 Å². The molecule has 1 heterocycles. The highest BCUT2D eigenvalue weighted by Gasteiger charge is 2.10. The van der Waals surface area contributed by atoms with Crippen LogP contribution in [0.15, 0.2) is 47.6 Å². The van der Waals surface area contributed by atoms with Crippen molar-refractivity contribution < 1.29 is 14.6 Å². The van der Waals surface area contributed by atoms with Gasteiger partial charge in [-0.2, -0.15) is 5.10 Å². The van der Waals surface area contributed by atoms with Crippen LogP contribution in [-0.2, 0) is 29.2 Å². The molecule has 1 aliphatic rings. The van der Waals surface area contributed by atoms with E-state index in [-0.39, 0.29) is 11.7 Å². The number of aryl methyl sites for hydroxylation is 1. The van der Waals surface area contributed by atoms with Crippen molar-refractivity contribution in [3.8, 4) is 5.75 Å². The van der Waals surface area contributed by atoms with Crippen LogP contribution in [0.3, 0.4) is 0 Å². The summed E-state index contributed by atoms with van der Waals surface area (Å²) in [5.74, 6) is 0.151. The molecule has 0 bridgehead atoms. The van der Waals surface area contributed by atoms with Gasteiger partial charge in [0, 0.05) is 6.42 Å². The Hall–Kier alpha value is -2.66. The van der Waals surface area contributed by atoms with Crippen LogP contribution in [0.25, 0.3) is 0 Å². The zero-order valence-corrected chi connectivity index (χ0v) is 13.4. The Labute approximate surface area is 141 Å². The van der Waals surface area contributed by atoms with Gasteiger partial charge in [0.2, 0.25) is 5.91 Å². The number of carbonyl (C=O) groups is 1. The van der Waals surface area contributed by atoms with Crippen LogP contribution < -0.4 is 5.43 Å². The van der Waals surface area contributed by atoms with E-state index < -0.39 is 0 Å². The summed E-state index contributed by atoms with van der Waals surface area (Å²) in [6.07, 6.45) is 3.59. The van der Waals surface area contributed by atoms with E-state index >= 15 is 0 Å². The molecule has 124 valence electrons. The molecule has 3 rings (SSSR count). The molecule has 2 aromatic carbocycles. The number of hydrogen-bond acceptors (Lipinski definition) is 4. The van der Waals surface area contributed by atoms with Crippen LogP contribution in [0.1, 0.15) is 35.1 Å². The smallest absolute Gasteiger partial charge is 0.240 e. The zero-order valence-electron chi connectivity index (χ0n) is 13.4. The highest BCUT2D eigenvalue weighted by molar-refractivity contribution is 5.82. The van der Waals surface area contributed by atoms with Gasteiger partial charge in [-0.1, -0.05) is 24.3 Å². The van der Waals surface area contributed by atoms with Gasteiger partial charge in [-0.05, 0) is 53.3 Å². The number of carbonyl (C=O) groups excluding carboxylic acids is 1. The normalized spacial score (nSPS) is 13.2. The van der Waals surface area contributed by atoms with Crippen LogP contribution in [0.5, 0.6) is 5.75 Å². The summed E-state index contributed by atoms with van der Waals surface area (Å²) >= 11 is 0. The van der Waals surface area contributed by atoms with Crippen molar-refractivity contribution in [2.24, 2.45) is 5.10 Å². The fourth-order valence-corrected chi connectivity index (χ4v) is 2.62. The molecule has 0 aromatic heterocycles. The average molecular weight is 324 g/mol. The van der Waals surface area contributed by atoms with Gasteiger partial charge in [-0.15, -0.1) is 0 Å². The zero-order chi connectivity index (χ0) is 16.8. The number of aromatic hydroxyl groups is 1. The number of fused-ring (bicyclic) bond motifs is 1. The molecule has 0 atom stereocenters. The van der Waals surface area contributed by atoms with E-state index in [2.05, 4.69) is 10.5 Å². The van der Waals surface area contributed by atoms with Crippen LogP contribution in [0, 0.1) is 0 Å². The van der Waals surface area contributed by atoms with Gasteiger partial charge in [0.1, 0.15) is 5.75 Å². The predicted molar refractivity (Wildman–Crippen MR) is 91.7 cm³/mol. The maximum atomic E-state index is 11.8. The standard InChI is InChI=1S/C19H20N2O3/c22-18-8-5-14(6-9-18)2-1-3-19(23)21-20-11-15-4-7-16-12-24-13-17(16)10-15/h4-11,22H,1-3,12-13H2,(H,21,23). The van der Waals surface area contributed by atoms with E-state index in [0.29, 0.717) is 19.6 Å². The quantitative estimate of drug-likeness (QED) is 0.634. The minimum atomic E-state index is -0.102. The first-order valence-corrected chi connectivity index (χ1v) is 8.00. The lowest BCUT2D eigenvalue weighted by atomic mass is 10.1. The molecule has 1 aliphatic heterocycles. The van der Waals surface area contributed by atoms with Crippen LogP contribution >= 0.6 is 0 Å². The molecule has 0 radical (unpaired) electrons. The number of nitrogens with zero attached hydrogens (tertiary/aromatic N) is 1. The van der Waals surface area contributed by atoms with Crippen molar-refractivity contribution >= 4 is 12.1 Å². The van der Waals surface area contributed by atoms with E-state index in [0.717, 1.165) is 24.0 Å². The Bertz CT molecular complexity index is 739. The maximum absolute atomic E-state index is 11.8. The van der Waals surface area contributed by atoms with Crippen molar-refractivity contribution in [1.29, 1.82) is 0 Å². The van der Waals surface area contributed by atoms with E-state index in [9.17, 15) is 9.90 Å². The van der Waals surface area contributed by atoms with Gasteiger partial charge >= 0.3 is 0 Å². The second-order valence-corrected chi connectivity index (χ2v) is 5.83. The molecular formula is C19H20N2O3. The summed E-state index contributed by atoms with van der Waals surface area (Å²) in [6.45, 7) is 1.31. The lowest BCUT2D eigenvalue weighted by molar-refractivity contribution is -0.121. The number of ether oxygens (including phenoxy) is 1. The molecule has 0 saturated heterocycles. The Morgan fingerprint density at radius 2 is 1.96 bits per heavy atom. The Morgan fingerprint density at radius 3 is 2.79 bits per heavy atom. The summed E-state index contributed by atoms with van der Waals surface area (Å²) in [5.41, 5.74) is 7.00. The molecular weight excluding hydrogens is 304 g/mol. The molecule has 5 heteroatoms. The SMILES string of the molecule is O=C(CCCc1ccc(O)cc1)NN=Cc1ccc2c(c1)COC2. The van der Waals surface area contributed by atoms with Crippen molar-refractivity contribution in [2.75, 3.05) is 0 Å². The maximum Gasteiger partial charge on any atom is 0.240 e. The van der Waals surface area contributed by atoms with Crippen LogP contribution in [-0.4, -0.2) is 17.2 Å². The number of amides is 1. The first-order chi connectivity index (χ1) is 11.7. The molecule has 0 saturated carbocycles. The van der Waals surface area contributed by atoms with Crippen molar-refractivity contribution in [1.82, 2.24) is 5.43 Å². The first-order valence-electron chi connectivity index (χ1n) is 8.00. The largest absolute Gasteiger partial charge is 0.508 e. The van der Waals surface area contributed by atoms with E-state index in [1.807, 2.05) is 30.3 Å². The highest BCUT2D eigenvalue weighted by atomic mass is 16.5. The predicted octanol–water partition coefficient (Wildman–Crippen LogP) is 2.90. The van der Waals surface area contributed by atoms with Crippen molar-refractivity contribution in [3.63, 3.8) is 0 Å². The highest BCUT2D eigenvalue weighted by Crippen LogP contribution is 2.20. The second-order valence-electron chi connectivity index (χ2n) is 5.83. The van der Waals surface area contributed by atoms with Crippen LogP contribution in [0.2, 0.25) is 0 Å². The molecule has 2 aromatic rings. The minimum absolute atomic E-state index is 0.102. The molecule has 0 unspecified atom stereocenters. The summed E-state index contributed by atoms with van der Waals surface area (Å²) in [4.78, 5) is 11.8. The summed E-state index contributed by atoms with van der Waals surface area (Å²) in [6, 6.07) is 13.1. The first kappa shape index (κ1) is 16.2. The number of benzene rings is 2. The topological polar surface area (TPSA) is 70.9 Å². The number of phenolic OH excluding ortho intramolecular Hbond substituents is 1. The third kappa shape index (κ3) is 4.43. The molecule has 24 heavy (non-hydrogen) atoms. The monoisotopic (exact) mass is 324 g/mol. The fourth-order valence-electron chi connectivity index (χ4n) is 2.62. The third-order valence-corrected chi connectivity index (χ3v) is 3.95. The van der Waals surface area contributed by atoms with Gasteiger partial charge in [-0.3, -0.25) is 4.79 Å². The Balaban J connectivity index is 1.41. The molecule has 0 fully saturated rings. The van der Waals surface area contributed by atoms with Crippen molar-refractivity contribution in [2.45, 2.75) is 32.5 Å². The number of nitrogens with one attached hydrogen (secondary N) is 1. The average Bonchev–Trinajstić information content (AvgIpc) is 3.04. The van der Waals surface area contributed by atoms with Gasteiger partial charge in [-0.25, -0.2) is 5.43 Å². The summed E-state index contributed by atoms with van der Waals surface area (Å²) in [7, 11) is 0. The van der Waals surface area contributed by atoms with E-state index in [4.69, 9.17) is 4.74 Å². The lowest BCUT2D eigenvalue weighted by Crippen LogP contribution is -2.17. The van der Waals surface area contributed by atoms with Crippen LogP contribution in [0.4, 0.5) is 0 Å². The van der Waals surface area contributed by atoms with E-state index in [1.165, 1.54) is 11.1 Å². The summed E-state index contributed by atoms with van der Waals surface area (Å²) < 4.78 is 5.37. The second kappa shape index (κ2) is 7.75. The lowest BCUT2D eigenvalue weighted by Gasteiger charge is -2.02. The third-order valence-electron chi connectivity index (χ3n) is 3.95. The summed E-state index contributed by atoms with van der Waals surface area (Å²) in [5, 5.41) is 13.2. The Morgan fingerprint density at radius 1 is 1.17 bits per heavy atom. The molecule has 0 spiro atoms. The number of phenols is 1. The number of hydrazone groups is 1. The minimum Gasteiger partial charge on any atom is -0.508 e. The van der Waals surface area contributed by atoms with Gasteiger partial charge in [0.15, 0.2) is 0 Å². The van der Waals surface area contributed by atoms with Crippen molar-refractivity contribution in [3.05, 3.63) is 64.7 Å². The molecule has 5 nitrogen and oxygen atoms in total. The van der Waals surface area contributed by atoms with Gasteiger partial charge in [0.05, 0.1) is 19.4 Å². The molecule has 1 amide bonds. The number of hydrogen-bond donors (Lipinski definition) is 2. The van der Waals surface area contributed by atoms with Gasteiger partial charge < -0.3 is 9.84 Å². The van der Waals surface area contributed by atoms with E-state index in [1.54, 1.807) is 18.3 Å².